The molecule has 3 fully saturated rings. The highest BCUT2D eigenvalue weighted by atomic mass is 32.2. The minimum absolute atomic E-state index is 0.0618. The van der Waals surface area contributed by atoms with E-state index in [9.17, 15) is 9.90 Å². The smallest absolute Gasteiger partial charge is 0.247 e. The van der Waals surface area contributed by atoms with Gasteiger partial charge in [-0.15, -0.1) is 24.9 Å². The lowest BCUT2D eigenvalue weighted by Crippen LogP contribution is -2.62. The van der Waals surface area contributed by atoms with Gasteiger partial charge in [0.05, 0.1) is 29.2 Å². The number of para-hydroxylation sites is 1. The second-order valence-corrected chi connectivity index (χ2v) is 17.8. The highest BCUT2D eigenvalue weighted by Gasteiger charge is 2.78. The van der Waals surface area contributed by atoms with Crippen LogP contribution in [-0.2, 0) is 20.8 Å². The number of nitrogens with zero attached hydrogens (tertiary/aromatic N) is 3. The average Bonchev–Trinajstić information content (AvgIpc) is 3.61. The molecule has 1 spiro atoms. The van der Waals surface area contributed by atoms with Crippen molar-refractivity contribution in [1.82, 2.24) is 9.80 Å². The number of hydrogen-bond donors (Lipinski definition) is 1. The first-order chi connectivity index (χ1) is 22.6. The molecular weight excluding hydrogens is 619 g/mol. The highest BCUT2D eigenvalue weighted by molar-refractivity contribution is 8.02. The molecule has 0 saturated carbocycles. The Hall–Kier alpha value is -3.36. The van der Waals surface area contributed by atoms with Gasteiger partial charge in [0.15, 0.2) is 0 Å². The molecule has 5 rings (SSSR count). The van der Waals surface area contributed by atoms with Crippen molar-refractivity contribution in [3.8, 4) is 0 Å². The standard InChI is InChI=1S/C40H53N3O4S/c1-9-23-41(29-19-15-12-16-20-29)34(45)31-32-35(46)43(30(26-44)25-28-17-13-11-14-18-28)33(40(32)22-21-39(31,8)48-40)36(47)42(24-10-2)38(6,7)27-37(3,4)5/h9-20,30-33,44H,1-2,21-27H2,3-8H3/t30-,31+,32+,33?,39-,40?/m1/s1. The van der Waals surface area contributed by atoms with Crippen LogP contribution < -0.4 is 4.90 Å². The van der Waals surface area contributed by atoms with Crippen molar-refractivity contribution in [2.75, 3.05) is 24.6 Å². The molecule has 0 aliphatic carbocycles. The van der Waals surface area contributed by atoms with Crippen LogP contribution in [0.15, 0.2) is 86.0 Å². The zero-order valence-corrected chi connectivity index (χ0v) is 30.3. The number of rotatable bonds is 13. The zero-order chi connectivity index (χ0) is 35.1. The molecule has 258 valence electrons. The van der Waals surface area contributed by atoms with E-state index in [4.69, 9.17) is 0 Å². The summed E-state index contributed by atoms with van der Waals surface area (Å²) in [5, 5.41) is 11.0. The molecule has 3 aliphatic rings. The number of likely N-dealkylation sites (tertiary alicyclic amines) is 1. The summed E-state index contributed by atoms with van der Waals surface area (Å²) >= 11 is 1.67. The normalized spacial score (nSPS) is 27.0. The molecule has 2 aromatic carbocycles. The fourth-order valence-corrected chi connectivity index (χ4v) is 11.4. The minimum atomic E-state index is -0.843. The molecule has 6 atom stereocenters. The minimum Gasteiger partial charge on any atom is -0.394 e. The fraction of sp³-hybridized carbons (Fsp3) is 0.525. The Labute approximate surface area is 291 Å². The van der Waals surface area contributed by atoms with Crippen LogP contribution in [0.3, 0.4) is 0 Å². The summed E-state index contributed by atoms with van der Waals surface area (Å²) in [5.41, 5.74) is 1.11. The van der Waals surface area contributed by atoms with Gasteiger partial charge < -0.3 is 19.8 Å². The van der Waals surface area contributed by atoms with Gasteiger partial charge in [-0.1, -0.05) is 81.5 Å². The van der Waals surface area contributed by atoms with E-state index < -0.39 is 39.0 Å². The van der Waals surface area contributed by atoms with Crippen LogP contribution in [0.4, 0.5) is 5.69 Å². The van der Waals surface area contributed by atoms with Crippen molar-refractivity contribution in [3.63, 3.8) is 0 Å². The topological polar surface area (TPSA) is 81.2 Å². The first-order valence-corrected chi connectivity index (χ1v) is 18.0. The monoisotopic (exact) mass is 671 g/mol. The lowest BCUT2D eigenvalue weighted by molar-refractivity contribution is -0.149. The molecule has 0 radical (unpaired) electrons. The van der Waals surface area contributed by atoms with Gasteiger partial charge in [-0.25, -0.2) is 0 Å². The number of aliphatic hydroxyl groups excluding tert-OH is 1. The van der Waals surface area contributed by atoms with E-state index in [1.165, 1.54) is 0 Å². The van der Waals surface area contributed by atoms with Crippen molar-refractivity contribution in [2.24, 2.45) is 17.3 Å². The molecule has 8 heteroatoms. The predicted molar refractivity (Wildman–Crippen MR) is 196 cm³/mol. The summed E-state index contributed by atoms with van der Waals surface area (Å²) in [7, 11) is 0. The molecule has 3 heterocycles. The molecule has 2 bridgehead atoms. The molecule has 1 N–H and O–H groups in total. The molecular formula is C40H53N3O4S. The maximum Gasteiger partial charge on any atom is 0.247 e. The van der Waals surface area contributed by atoms with Gasteiger partial charge >= 0.3 is 0 Å². The molecule has 3 amide bonds. The van der Waals surface area contributed by atoms with E-state index in [-0.39, 0.29) is 29.7 Å². The summed E-state index contributed by atoms with van der Waals surface area (Å²) in [5.74, 6) is -1.82. The first kappa shape index (κ1) is 35.9. The largest absolute Gasteiger partial charge is 0.394 e. The van der Waals surface area contributed by atoms with Crippen LogP contribution in [0, 0.1) is 17.3 Å². The third-order valence-electron chi connectivity index (χ3n) is 10.5. The summed E-state index contributed by atoms with van der Waals surface area (Å²) in [6.07, 6.45) is 5.95. The molecule has 3 aliphatic heterocycles. The summed E-state index contributed by atoms with van der Waals surface area (Å²) in [6, 6.07) is 17.8. The first-order valence-electron chi connectivity index (χ1n) is 17.2. The van der Waals surface area contributed by atoms with Crippen LogP contribution in [-0.4, -0.2) is 79.4 Å². The summed E-state index contributed by atoms with van der Waals surface area (Å²) < 4.78 is -1.35. The van der Waals surface area contributed by atoms with E-state index in [2.05, 4.69) is 54.7 Å². The SMILES string of the molecule is C=CCN(C(=O)[C@@H]1[C@H]2C(=O)N([C@@H](CO)Cc3ccccc3)C(C(=O)N(CC=C)C(C)(C)CC(C)(C)C)C23CC[C@@]1(C)S3)c1ccccc1. The fourth-order valence-electron chi connectivity index (χ4n) is 9.08. The van der Waals surface area contributed by atoms with E-state index in [1.807, 2.05) is 65.6 Å². The Bertz CT molecular complexity index is 1520. The van der Waals surface area contributed by atoms with Crippen molar-refractivity contribution in [1.29, 1.82) is 0 Å². The van der Waals surface area contributed by atoms with Gasteiger partial charge in [0, 0.05) is 29.1 Å². The lowest BCUT2D eigenvalue weighted by atomic mass is 9.66. The number of carbonyl (C=O) groups excluding carboxylic acids is 3. The molecule has 48 heavy (non-hydrogen) atoms. The summed E-state index contributed by atoms with van der Waals surface area (Å²) in [4.78, 5) is 50.6. The van der Waals surface area contributed by atoms with Crippen molar-refractivity contribution in [2.45, 2.75) is 94.3 Å². The number of fused-ring (bicyclic) bond motifs is 1. The predicted octanol–water partition coefficient (Wildman–Crippen LogP) is 6.52. The molecule has 2 unspecified atom stereocenters. The van der Waals surface area contributed by atoms with E-state index in [0.29, 0.717) is 32.4 Å². The Balaban J connectivity index is 1.65. The number of benzene rings is 2. The van der Waals surface area contributed by atoms with Gasteiger partial charge in [0.1, 0.15) is 6.04 Å². The molecule has 2 aromatic rings. The van der Waals surface area contributed by atoms with Gasteiger partial charge in [-0.2, -0.15) is 0 Å². The average molecular weight is 672 g/mol. The van der Waals surface area contributed by atoms with E-state index in [0.717, 1.165) is 17.7 Å². The Morgan fingerprint density at radius 1 is 0.979 bits per heavy atom. The zero-order valence-electron chi connectivity index (χ0n) is 29.5. The maximum absolute atomic E-state index is 15.3. The third-order valence-corrected chi connectivity index (χ3v) is 12.5. The Morgan fingerprint density at radius 2 is 1.58 bits per heavy atom. The van der Waals surface area contributed by atoms with Crippen LogP contribution in [0.5, 0.6) is 0 Å². The number of aliphatic hydroxyl groups is 1. The third kappa shape index (κ3) is 6.38. The summed E-state index contributed by atoms with van der Waals surface area (Å²) in [6.45, 7) is 21.0. The number of thioether (sulfide) groups is 1. The lowest BCUT2D eigenvalue weighted by Gasteiger charge is -2.46. The van der Waals surface area contributed by atoms with E-state index >= 15 is 9.59 Å². The Kier molecular flexibility index (Phi) is 10.1. The van der Waals surface area contributed by atoms with Gasteiger partial charge in [-0.05, 0) is 69.6 Å². The van der Waals surface area contributed by atoms with Gasteiger partial charge in [0.2, 0.25) is 17.7 Å². The van der Waals surface area contributed by atoms with Gasteiger partial charge in [0.25, 0.3) is 0 Å². The van der Waals surface area contributed by atoms with Crippen LogP contribution in [0.2, 0.25) is 0 Å². The second kappa shape index (κ2) is 13.5. The van der Waals surface area contributed by atoms with Crippen LogP contribution >= 0.6 is 11.8 Å². The van der Waals surface area contributed by atoms with Crippen LogP contribution in [0.25, 0.3) is 0 Å². The maximum atomic E-state index is 15.3. The van der Waals surface area contributed by atoms with Gasteiger partial charge in [-0.3, -0.25) is 14.4 Å². The van der Waals surface area contributed by atoms with Crippen molar-refractivity contribution in [3.05, 3.63) is 91.5 Å². The highest BCUT2D eigenvalue weighted by Crippen LogP contribution is 2.72. The number of amides is 3. The van der Waals surface area contributed by atoms with E-state index in [1.54, 1.807) is 33.7 Å². The van der Waals surface area contributed by atoms with Crippen LogP contribution in [0.1, 0.15) is 66.4 Å². The molecule has 3 saturated heterocycles. The second-order valence-electron chi connectivity index (χ2n) is 15.9. The molecule has 7 nitrogen and oxygen atoms in total. The number of hydrogen-bond acceptors (Lipinski definition) is 5. The number of anilines is 1. The Morgan fingerprint density at radius 3 is 2.15 bits per heavy atom. The van der Waals surface area contributed by atoms with Crippen molar-refractivity contribution < 1.29 is 19.5 Å². The quantitative estimate of drug-likeness (QED) is 0.246. The number of carbonyl (C=O) groups is 3. The van der Waals surface area contributed by atoms with Crippen molar-refractivity contribution >= 4 is 35.2 Å². The molecule has 0 aromatic heterocycles.